The molecule has 0 aliphatic rings. The average molecular weight is 314 g/mol. The zero-order valence-corrected chi connectivity index (χ0v) is 11.9. The Kier molecular flexibility index (Phi) is 4.31. The maximum absolute atomic E-state index is 12.9. The van der Waals surface area contributed by atoms with Crippen molar-refractivity contribution in [3.8, 4) is 0 Å². The molecule has 0 saturated heterocycles. The summed E-state index contributed by atoms with van der Waals surface area (Å²) in [6.45, 7) is 3.54. The smallest absolute Gasteiger partial charge is 0.123 e. The van der Waals surface area contributed by atoms with E-state index in [9.17, 15) is 4.39 Å². The van der Waals surface area contributed by atoms with Crippen LogP contribution in [-0.4, -0.2) is 0 Å². The first-order valence-corrected chi connectivity index (χ1v) is 7.01. The van der Waals surface area contributed by atoms with Crippen molar-refractivity contribution in [2.75, 3.05) is 0 Å². The lowest BCUT2D eigenvalue weighted by Crippen LogP contribution is -2.12. The van der Waals surface area contributed by atoms with E-state index in [0.717, 1.165) is 28.7 Å². The van der Waals surface area contributed by atoms with Crippen molar-refractivity contribution >= 4 is 27.3 Å². The molecule has 1 aromatic heterocycles. The lowest BCUT2D eigenvalue weighted by Gasteiger charge is -2.06. The van der Waals surface area contributed by atoms with Crippen molar-refractivity contribution in [2.45, 2.75) is 20.0 Å². The molecule has 1 N–H and O–H groups in total. The van der Waals surface area contributed by atoms with E-state index >= 15 is 0 Å². The summed E-state index contributed by atoms with van der Waals surface area (Å²) in [5, 5.41) is 5.43. The summed E-state index contributed by atoms with van der Waals surface area (Å²) in [4.78, 5) is 1.29. The number of benzene rings is 1. The molecule has 1 aromatic carbocycles. The minimum absolute atomic E-state index is 0.173. The number of rotatable bonds is 4. The Hall–Kier alpha value is -0.710. The summed E-state index contributed by atoms with van der Waals surface area (Å²) in [6.07, 6.45) is 0. The van der Waals surface area contributed by atoms with E-state index in [2.05, 4.69) is 32.7 Å². The molecular weight excluding hydrogens is 301 g/mol. The summed E-state index contributed by atoms with van der Waals surface area (Å²) in [6, 6.07) is 7.02. The molecule has 0 atom stereocenters. The highest BCUT2D eigenvalue weighted by Gasteiger charge is 2.01. The van der Waals surface area contributed by atoms with Crippen LogP contribution in [0.2, 0.25) is 0 Å². The van der Waals surface area contributed by atoms with Gasteiger partial charge >= 0.3 is 0 Å². The van der Waals surface area contributed by atoms with E-state index in [0.29, 0.717) is 0 Å². The predicted molar refractivity (Wildman–Crippen MR) is 73.7 cm³/mol. The lowest BCUT2D eigenvalue weighted by molar-refractivity contribution is 0.623. The molecule has 1 heterocycles. The third-order valence-electron chi connectivity index (χ3n) is 2.54. The van der Waals surface area contributed by atoms with Crippen LogP contribution in [0.3, 0.4) is 0 Å². The maximum Gasteiger partial charge on any atom is 0.123 e. The van der Waals surface area contributed by atoms with Gasteiger partial charge in [0.15, 0.2) is 0 Å². The van der Waals surface area contributed by atoms with Crippen LogP contribution in [-0.2, 0) is 13.1 Å². The summed E-state index contributed by atoms with van der Waals surface area (Å²) in [7, 11) is 0. The SMILES string of the molecule is Cc1cc(F)ccc1CNCc1cc(Br)cs1. The van der Waals surface area contributed by atoms with Gasteiger partial charge < -0.3 is 5.32 Å². The van der Waals surface area contributed by atoms with Gasteiger partial charge in [-0.1, -0.05) is 6.07 Å². The van der Waals surface area contributed by atoms with Gasteiger partial charge in [-0.3, -0.25) is 0 Å². The molecule has 0 radical (unpaired) electrons. The molecule has 0 bridgehead atoms. The largest absolute Gasteiger partial charge is 0.308 e. The Labute approximate surface area is 113 Å². The first-order valence-electron chi connectivity index (χ1n) is 5.34. The molecule has 0 fully saturated rings. The first-order chi connectivity index (χ1) is 8.15. The van der Waals surface area contributed by atoms with Crippen LogP contribution >= 0.6 is 27.3 Å². The van der Waals surface area contributed by atoms with Crippen molar-refractivity contribution in [2.24, 2.45) is 0 Å². The fraction of sp³-hybridized carbons (Fsp3) is 0.231. The summed E-state index contributed by atoms with van der Waals surface area (Å²) >= 11 is 5.15. The Morgan fingerprint density at radius 1 is 1.29 bits per heavy atom. The van der Waals surface area contributed by atoms with Gasteiger partial charge in [-0.2, -0.15) is 0 Å². The van der Waals surface area contributed by atoms with Gasteiger partial charge in [0.05, 0.1) is 0 Å². The number of thiophene rings is 1. The van der Waals surface area contributed by atoms with E-state index in [1.165, 1.54) is 10.9 Å². The summed E-state index contributed by atoms with van der Waals surface area (Å²) < 4.78 is 14.0. The fourth-order valence-corrected chi connectivity index (χ4v) is 3.05. The highest BCUT2D eigenvalue weighted by atomic mass is 79.9. The van der Waals surface area contributed by atoms with Crippen LogP contribution in [0.25, 0.3) is 0 Å². The van der Waals surface area contributed by atoms with Gasteiger partial charge in [0, 0.05) is 27.8 Å². The zero-order valence-electron chi connectivity index (χ0n) is 9.47. The van der Waals surface area contributed by atoms with Crippen LogP contribution in [0.4, 0.5) is 4.39 Å². The van der Waals surface area contributed by atoms with Crippen molar-refractivity contribution < 1.29 is 4.39 Å². The molecule has 2 aromatic rings. The number of nitrogens with one attached hydrogen (secondary N) is 1. The van der Waals surface area contributed by atoms with Crippen molar-refractivity contribution in [3.63, 3.8) is 0 Å². The summed E-state index contributed by atoms with van der Waals surface area (Å²) in [5.41, 5.74) is 2.13. The lowest BCUT2D eigenvalue weighted by atomic mass is 10.1. The monoisotopic (exact) mass is 313 g/mol. The van der Waals surface area contributed by atoms with Crippen LogP contribution in [0.1, 0.15) is 16.0 Å². The number of aryl methyl sites for hydroxylation is 1. The Morgan fingerprint density at radius 3 is 2.76 bits per heavy atom. The number of halogens is 2. The van der Waals surface area contributed by atoms with Gasteiger partial charge in [-0.15, -0.1) is 11.3 Å². The second-order valence-electron chi connectivity index (χ2n) is 3.91. The quantitative estimate of drug-likeness (QED) is 0.890. The van der Waals surface area contributed by atoms with Gasteiger partial charge in [0.1, 0.15) is 5.82 Å². The van der Waals surface area contributed by atoms with Crippen molar-refractivity contribution in [1.82, 2.24) is 5.32 Å². The molecule has 1 nitrogen and oxygen atoms in total. The molecule has 0 spiro atoms. The zero-order chi connectivity index (χ0) is 12.3. The Morgan fingerprint density at radius 2 is 2.12 bits per heavy atom. The van der Waals surface area contributed by atoms with Crippen molar-refractivity contribution in [1.29, 1.82) is 0 Å². The Balaban J connectivity index is 1.90. The highest BCUT2D eigenvalue weighted by Crippen LogP contribution is 2.19. The van der Waals surface area contributed by atoms with Gasteiger partial charge in [-0.25, -0.2) is 4.39 Å². The molecule has 90 valence electrons. The Bertz CT molecular complexity index is 510. The number of hydrogen-bond acceptors (Lipinski definition) is 2. The van der Waals surface area contributed by atoms with Crippen molar-refractivity contribution in [3.05, 3.63) is 55.9 Å². The molecule has 0 saturated carbocycles. The average Bonchev–Trinajstić information content (AvgIpc) is 2.68. The molecule has 0 unspecified atom stereocenters. The number of hydrogen-bond donors (Lipinski definition) is 1. The fourth-order valence-electron chi connectivity index (χ4n) is 1.62. The molecule has 0 aliphatic carbocycles. The third-order valence-corrected chi connectivity index (χ3v) is 4.24. The molecular formula is C13H13BrFNS. The van der Waals surface area contributed by atoms with Gasteiger partial charge in [-0.05, 0) is 52.2 Å². The van der Waals surface area contributed by atoms with E-state index in [-0.39, 0.29) is 5.82 Å². The van der Waals surface area contributed by atoms with E-state index in [1.54, 1.807) is 17.4 Å². The molecule has 2 rings (SSSR count). The molecule has 0 amide bonds. The van der Waals surface area contributed by atoms with Crippen LogP contribution in [0, 0.1) is 12.7 Å². The predicted octanol–water partition coefficient (Wildman–Crippen LogP) is 4.25. The van der Waals surface area contributed by atoms with Crippen LogP contribution in [0.15, 0.2) is 34.1 Å². The van der Waals surface area contributed by atoms with Gasteiger partial charge in [0.25, 0.3) is 0 Å². The minimum Gasteiger partial charge on any atom is -0.308 e. The van der Waals surface area contributed by atoms with E-state index < -0.39 is 0 Å². The third kappa shape index (κ3) is 3.63. The van der Waals surface area contributed by atoms with E-state index in [4.69, 9.17) is 0 Å². The first kappa shape index (κ1) is 12.7. The minimum atomic E-state index is -0.173. The van der Waals surface area contributed by atoms with Crippen LogP contribution < -0.4 is 5.32 Å². The standard InChI is InChI=1S/C13H13BrFNS/c1-9-4-12(15)3-2-10(9)6-16-7-13-5-11(14)8-17-13/h2-5,8,16H,6-7H2,1H3. The molecule has 0 aliphatic heterocycles. The second kappa shape index (κ2) is 5.76. The highest BCUT2D eigenvalue weighted by molar-refractivity contribution is 9.10. The topological polar surface area (TPSA) is 12.0 Å². The summed E-state index contributed by atoms with van der Waals surface area (Å²) in [5.74, 6) is -0.173. The van der Waals surface area contributed by atoms with Gasteiger partial charge in [0.2, 0.25) is 0 Å². The normalized spacial score (nSPS) is 10.8. The molecule has 17 heavy (non-hydrogen) atoms. The second-order valence-corrected chi connectivity index (χ2v) is 5.82. The molecule has 4 heteroatoms. The maximum atomic E-state index is 12.9. The van der Waals surface area contributed by atoms with Crippen LogP contribution in [0.5, 0.6) is 0 Å². The van der Waals surface area contributed by atoms with E-state index in [1.807, 2.05) is 13.0 Å².